The number of benzene rings is 1. The summed E-state index contributed by atoms with van der Waals surface area (Å²) in [4.78, 5) is 5.16. The van der Waals surface area contributed by atoms with E-state index in [1.807, 2.05) is 26.0 Å². The van der Waals surface area contributed by atoms with Crippen molar-refractivity contribution in [3.05, 3.63) is 41.6 Å². The molecule has 7 heteroatoms. The molecule has 0 radical (unpaired) electrons. The summed E-state index contributed by atoms with van der Waals surface area (Å²) in [6.07, 6.45) is 0. The predicted octanol–water partition coefficient (Wildman–Crippen LogP) is 2.08. The second-order valence-corrected chi connectivity index (χ2v) is 7.09. The van der Waals surface area contributed by atoms with Crippen LogP contribution < -0.4 is 10.9 Å². The van der Waals surface area contributed by atoms with E-state index in [9.17, 15) is 8.42 Å². The van der Waals surface area contributed by atoms with Crippen molar-refractivity contribution in [3.63, 3.8) is 0 Å². The number of nitrogens with two attached hydrogens (primary N) is 2. The molecule has 0 saturated carbocycles. The number of aryl methyl sites for hydroxylation is 2. The number of pyridine rings is 1. The first kappa shape index (κ1) is 14.8. The van der Waals surface area contributed by atoms with Crippen LogP contribution in [0.25, 0.3) is 0 Å². The van der Waals surface area contributed by atoms with Crippen LogP contribution in [0.2, 0.25) is 0 Å². The minimum absolute atomic E-state index is 0.00716. The lowest BCUT2D eigenvalue weighted by Crippen LogP contribution is -2.12. The van der Waals surface area contributed by atoms with Gasteiger partial charge in [-0.2, -0.15) is 0 Å². The molecule has 1 aromatic heterocycles. The van der Waals surface area contributed by atoms with Crippen LogP contribution in [0.4, 0.5) is 5.69 Å². The van der Waals surface area contributed by atoms with E-state index < -0.39 is 10.0 Å². The molecule has 0 aliphatic rings. The second kappa shape index (κ2) is 5.43. The van der Waals surface area contributed by atoms with Gasteiger partial charge in [-0.1, -0.05) is 11.8 Å². The molecule has 0 fully saturated rings. The highest BCUT2D eigenvalue weighted by Crippen LogP contribution is 2.32. The number of nitrogens with zero attached hydrogens (tertiary/aromatic N) is 1. The maximum absolute atomic E-state index is 11.2. The molecule has 0 amide bonds. The van der Waals surface area contributed by atoms with Crippen molar-refractivity contribution in [1.82, 2.24) is 4.98 Å². The standard InChI is InChI=1S/C13H15N3O2S2/c1-8-5-9(2)16-13(6-8)19-12-4-3-10(7-11(12)14)20(15,17)18/h3-7H,14H2,1-2H3,(H2,15,17,18). The van der Waals surface area contributed by atoms with Gasteiger partial charge in [-0.3, -0.25) is 0 Å². The van der Waals surface area contributed by atoms with Gasteiger partial charge in [0, 0.05) is 16.3 Å². The molecule has 1 heterocycles. The molecular weight excluding hydrogens is 294 g/mol. The van der Waals surface area contributed by atoms with Gasteiger partial charge in [0.1, 0.15) is 5.03 Å². The summed E-state index contributed by atoms with van der Waals surface area (Å²) in [6, 6.07) is 8.37. The minimum atomic E-state index is -3.73. The number of anilines is 1. The number of sulfonamides is 1. The Balaban J connectivity index is 2.35. The Morgan fingerprint density at radius 2 is 1.85 bits per heavy atom. The fraction of sp³-hybridized carbons (Fsp3) is 0.154. The monoisotopic (exact) mass is 309 g/mol. The fourth-order valence-electron chi connectivity index (χ4n) is 1.77. The summed E-state index contributed by atoms with van der Waals surface area (Å²) in [7, 11) is -3.73. The highest BCUT2D eigenvalue weighted by Gasteiger charge is 2.11. The van der Waals surface area contributed by atoms with E-state index in [0.717, 1.165) is 21.2 Å². The molecule has 0 spiro atoms. The minimum Gasteiger partial charge on any atom is -0.398 e. The summed E-state index contributed by atoms with van der Waals surface area (Å²) in [5, 5.41) is 5.88. The van der Waals surface area contributed by atoms with Gasteiger partial charge in [0.15, 0.2) is 0 Å². The van der Waals surface area contributed by atoms with Crippen LogP contribution in [-0.4, -0.2) is 13.4 Å². The predicted molar refractivity (Wildman–Crippen MR) is 80.1 cm³/mol. The molecule has 0 unspecified atom stereocenters. The van der Waals surface area contributed by atoms with E-state index in [4.69, 9.17) is 10.9 Å². The summed E-state index contributed by atoms with van der Waals surface area (Å²) >= 11 is 1.39. The molecule has 2 aromatic rings. The van der Waals surface area contributed by atoms with E-state index >= 15 is 0 Å². The maximum Gasteiger partial charge on any atom is 0.238 e. The van der Waals surface area contributed by atoms with Gasteiger partial charge in [-0.25, -0.2) is 18.5 Å². The summed E-state index contributed by atoms with van der Waals surface area (Å²) < 4.78 is 22.5. The molecule has 0 aliphatic heterocycles. The first-order valence-electron chi connectivity index (χ1n) is 5.81. The second-order valence-electron chi connectivity index (χ2n) is 4.47. The zero-order valence-corrected chi connectivity index (χ0v) is 12.8. The van der Waals surface area contributed by atoms with Gasteiger partial charge in [0.2, 0.25) is 10.0 Å². The van der Waals surface area contributed by atoms with E-state index in [-0.39, 0.29) is 4.90 Å². The van der Waals surface area contributed by atoms with Crippen LogP contribution in [0.1, 0.15) is 11.3 Å². The lowest BCUT2D eigenvalue weighted by Gasteiger charge is -2.08. The number of primary sulfonamides is 1. The van der Waals surface area contributed by atoms with Crippen molar-refractivity contribution in [1.29, 1.82) is 0 Å². The lowest BCUT2D eigenvalue weighted by atomic mass is 10.3. The van der Waals surface area contributed by atoms with Gasteiger partial charge in [0.05, 0.1) is 4.90 Å². The molecule has 106 valence electrons. The third-order valence-corrected chi connectivity index (χ3v) is 4.52. The summed E-state index contributed by atoms with van der Waals surface area (Å²) in [6.45, 7) is 3.91. The third-order valence-electron chi connectivity index (χ3n) is 2.60. The molecule has 5 nitrogen and oxygen atoms in total. The molecule has 0 aliphatic carbocycles. The first-order valence-corrected chi connectivity index (χ1v) is 8.17. The number of hydrogen-bond donors (Lipinski definition) is 2. The van der Waals surface area contributed by atoms with Crippen molar-refractivity contribution < 1.29 is 8.42 Å². The van der Waals surface area contributed by atoms with Crippen LogP contribution in [0, 0.1) is 13.8 Å². The topological polar surface area (TPSA) is 99.1 Å². The Labute approximate surface area is 122 Å². The fourth-order valence-corrected chi connectivity index (χ4v) is 3.29. The SMILES string of the molecule is Cc1cc(C)nc(Sc2ccc(S(N)(=O)=O)cc2N)c1. The van der Waals surface area contributed by atoms with Crippen molar-refractivity contribution in [2.45, 2.75) is 28.7 Å². The molecule has 2 rings (SSSR count). The normalized spacial score (nSPS) is 11.6. The Morgan fingerprint density at radius 3 is 2.40 bits per heavy atom. The highest BCUT2D eigenvalue weighted by molar-refractivity contribution is 7.99. The van der Waals surface area contributed by atoms with E-state index in [1.165, 1.54) is 23.9 Å². The van der Waals surface area contributed by atoms with Crippen molar-refractivity contribution >= 4 is 27.5 Å². The lowest BCUT2D eigenvalue weighted by molar-refractivity contribution is 0.598. The van der Waals surface area contributed by atoms with Gasteiger partial charge in [0.25, 0.3) is 0 Å². The van der Waals surface area contributed by atoms with Crippen molar-refractivity contribution in [3.8, 4) is 0 Å². The first-order chi connectivity index (χ1) is 9.25. The van der Waals surface area contributed by atoms with Crippen LogP contribution >= 0.6 is 11.8 Å². The smallest absolute Gasteiger partial charge is 0.238 e. The van der Waals surface area contributed by atoms with Gasteiger partial charge in [-0.05, 0) is 49.7 Å². The number of nitrogen functional groups attached to an aromatic ring is 1. The molecule has 4 N–H and O–H groups in total. The largest absolute Gasteiger partial charge is 0.398 e. The van der Waals surface area contributed by atoms with Crippen LogP contribution in [-0.2, 0) is 10.0 Å². The number of hydrogen-bond acceptors (Lipinski definition) is 5. The molecule has 20 heavy (non-hydrogen) atoms. The average molecular weight is 309 g/mol. The van der Waals surface area contributed by atoms with Crippen molar-refractivity contribution in [2.24, 2.45) is 5.14 Å². The van der Waals surface area contributed by atoms with Crippen LogP contribution in [0.5, 0.6) is 0 Å². The zero-order valence-electron chi connectivity index (χ0n) is 11.1. The van der Waals surface area contributed by atoms with Crippen molar-refractivity contribution in [2.75, 3.05) is 5.73 Å². The molecule has 0 saturated heterocycles. The molecular formula is C13H15N3O2S2. The van der Waals surface area contributed by atoms with Crippen LogP contribution in [0.15, 0.2) is 45.1 Å². The highest BCUT2D eigenvalue weighted by atomic mass is 32.2. The third kappa shape index (κ3) is 3.50. The number of aromatic nitrogens is 1. The average Bonchev–Trinajstić information content (AvgIpc) is 2.29. The Hall–Kier alpha value is -1.57. The van der Waals surface area contributed by atoms with E-state index in [2.05, 4.69) is 4.98 Å². The Morgan fingerprint density at radius 1 is 1.15 bits per heavy atom. The van der Waals surface area contributed by atoms with Crippen LogP contribution in [0.3, 0.4) is 0 Å². The van der Waals surface area contributed by atoms with E-state index in [0.29, 0.717) is 5.69 Å². The molecule has 1 aromatic carbocycles. The quantitative estimate of drug-likeness (QED) is 0.846. The van der Waals surface area contributed by atoms with Gasteiger partial charge < -0.3 is 5.73 Å². The zero-order chi connectivity index (χ0) is 14.9. The van der Waals surface area contributed by atoms with Gasteiger partial charge >= 0.3 is 0 Å². The Kier molecular flexibility index (Phi) is 4.03. The van der Waals surface area contributed by atoms with Gasteiger partial charge in [-0.15, -0.1) is 0 Å². The summed E-state index contributed by atoms with van der Waals surface area (Å²) in [5.41, 5.74) is 8.27. The molecule has 0 atom stereocenters. The molecule has 0 bridgehead atoms. The Bertz CT molecular complexity index is 738. The maximum atomic E-state index is 11.2. The number of rotatable bonds is 3. The summed E-state index contributed by atoms with van der Waals surface area (Å²) in [5.74, 6) is 0. The van der Waals surface area contributed by atoms with E-state index in [1.54, 1.807) is 6.07 Å².